The topological polar surface area (TPSA) is 72.3 Å². The minimum absolute atomic E-state index is 0.0384. The smallest absolute Gasteiger partial charge is 0.237 e. The molecule has 0 aliphatic carbocycles. The van der Waals surface area contributed by atoms with E-state index in [9.17, 15) is 9.18 Å². The van der Waals surface area contributed by atoms with Crippen molar-refractivity contribution in [2.75, 3.05) is 31.5 Å². The zero-order chi connectivity index (χ0) is 18.8. The van der Waals surface area contributed by atoms with Gasteiger partial charge in [-0.2, -0.15) is 5.26 Å². The Morgan fingerprint density at radius 2 is 2.26 bits per heavy atom. The Hall–Kier alpha value is -2.72. The first-order chi connectivity index (χ1) is 13.1. The quantitative estimate of drug-likeness (QED) is 0.897. The minimum atomic E-state index is -1.09. The molecular formula is C20H22FN5O. The fraction of sp³-hybridized carbons (Fsp3) is 0.450. The number of carbonyl (C=O) groups is 1. The van der Waals surface area contributed by atoms with E-state index in [0.29, 0.717) is 0 Å². The number of alkyl halides is 1. The van der Waals surface area contributed by atoms with E-state index < -0.39 is 12.2 Å². The number of halogens is 1. The lowest BCUT2D eigenvalue weighted by molar-refractivity contribution is -0.132. The van der Waals surface area contributed by atoms with Crippen molar-refractivity contribution in [2.24, 2.45) is 0 Å². The Morgan fingerprint density at radius 3 is 3.11 bits per heavy atom. The van der Waals surface area contributed by atoms with Gasteiger partial charge in [0.05, 0.1) is 24.7 Å². The molecule has 27 heavy (non-hydrogen) atoms. The maximum Gasteiger partial charge on any atom is 0.237 e. The zero-order valence-corrected chi connectivity index (χ0v) is 15.0. The summed E-state index contributed by atoms with van der Waals surface area (Å²) in [5, 5.41) is 13.7. The predicted octanol–water partition coefficient (Wildman–Crippen LogP) is 2.18. The summed E-state index contributed by atoms with van der Waals surface area (Å²) >= 11 is 0. The Labute approximate surface area is 157 Å². The van der Waals surface area contributed by atoms with Gasteiger partial charge in [-0.25, -0.2) is 4.39 Å². The average molecular weight is 367 g/mol. The summed E-state index contributed by atoms with van der Waals surface area (Å²) in [5.41, 5.74) is 1.97. The molecule has 3 heterocycles. The van der Waals surface area contributed by atoms with Crippen LogP contribution in [0.5, 0.6) is 0 Å². The normalized spacial score (nSPS) is 25.6. The van der Waals surface area contributed by atoms with E-state index in [4.69, 9.17) is 5.26 Å². The highest BCUT2D eigenvalue weighted by Gasteiger charge is 2.36. The van der Waals surface area contributed by atoms with E-state index in [1.807, 2.05) is 36.4 Å². The highest BCUT2D eigenvalue weighted by molar-refractivity contribution is 5.82. The Bertz CT molecular complexity index is 882. The number of nitrogens with one attached hydrogen (secondary N) is 1. The number of anilines is 1. The summed E-state index contributed by atoms with van der Waals surface area (Å²) in [6, 6.07) is 11.7. The largest absolute Gasteiger partial charge is 0.381 e. The molecule has 4 rings (SSSR count). The van der Waals surface area contributed by atoms with Crippen LogP contribution in [0.1, 0.15) is 12.8 Å². The monoisotopic (exact) mass is 367 g/mol. The van der Waals surface area contributed by atoms with Gasteiger partial charge in [-0.15, -0.1) is 0 Å². The number of fused-ring (bicyclic) bond motifs is 1. The molecule has 1 aromatic heterocycles. The van der Waals surface area contributed by atoms with Crippen LogP contribution >= 0.6 is 0 Å². The molecule has 0 saturated carbocycles. The van der Waals surface area contributed by atoms with Gasteiger partial charge in [0.2, 0.25) is 5.91 Å². The van der Waals surface area contributed by atoms with Crippen molar-refractivity contribution in [3.05, 3.63) is 36.5 Å². The van der Waals surface area contributed by atoms with Crippen LogP contribution in [0.25, 0.3) is 10.9 Å². The number of hydrogen-bond acceptors (Lipinski definition) is 5. The van der Waals surface area contributed by atoms with Gasteiger partial charge in [-0.3, -0.25) is 14.7 Å². The van der Waals surface area contributed by atoms with Crippen LogP contribution in [0, 0.1) is 11.3 Å². The molecule has 6 nitrogen and oxygen atoms in total. The second-order valence-corrected chi connectivity index (χ2v) is 7.30. The van der Waals surface area contributed by atoms with Crippen LogP contribution < -0.4 is 5.32 Å². The van der Waals surface area contributed by atoms with Crippen LogP contribution in [0.4, 0.5) is 10.1 Å². The third-order valence-corrected chi connectivity index (χ3v) is 5.33. The van der Waals surface area contributed by atoms with Gasteiger partial charge in [0.25, 0.3) is 0 Å². The zero-order valence-electron chi connectivity index (χ0n) is 15.0. The van der Waals surface area contributed by atoms with Crippen LogP contribution in [0.2, 0.25) is 0 Å². The van der Waals surface area contributed by atoms with Gasteiger partial charge in [0.1, 0.15) is 12.2 Å². The fourth-order valence-corrected chi connectivity index (χ4v) is 3.95. The minimum Gasteiger partial charge on any atom is -0.381 e. The Morgan fingerprint density at radius 1 is 1.37 bits per heavy atom. The van der Waals surface area contributed by atoms with E-state index in [1.54, 1.807) is 6.20 Å². The molecule has 0 spiro atoms. The molecule has 2 saturated heterocycles. The van der Waals surface area contributed by atoms with Gasteiger partial charge >= 0.3 is 0 Å². The number of amides is 1. The van der Waals surface area contributed by atoms with Crippen molar-refractivity contribution >= 4 is 22.5 Å². The maximum atomic E-state index is 13.5. The van der Waals surface area contributed by atoms with Crippen LogP contribution in [0.3, 0.4) is 0 Å². The summed E-state index contributed by atoms with van der Waals surface area (Å²) in [6.07, 6.45) is 1.75. The molecule has 140 valence electrons. The molecule has 1 N–H and O–H groups in total. The summed E-state index contributed by atoms with van der Waals surface area (Å²) in [7, 11) is 0. The number of nitrogens with zero attached hydrogens (tertiary/aromatic N) is 4. The molecule has 2 aliphatic rings. The van der Waals surface area contributed by atoms with E-state index in [1.165, 1.54) is 4.90 Å². The van der Waals surface area contributed by atoms with Crippen LogP contribution in [-0.2, 0) is 4.79 Å². The first-order valence-corrected chi connectivity index (χ1v) is 9.29. The molecule has 3 atom stereocenters. The van der Waals surface area contributed by atoms with Crippen LogP contribution in [0.15, 0.2) is 36.5 Å². The molecule has 1 unspecified atom stereocenters. The number of hydrogen-bond donors (Lipinski definition) is 1. The van der Waals surface area contributed by atoms with E-state index in [2.05, 4.69) is 15.2 Å². The van der Waals surface area contributed by atoms with E-state index in [0.717, 1.165) is 36.1 Å². The summed E-state index contributed by atoms with van der Waals surface area (Å²) < 4.78 is 13.5. The van der Waals surface area contributed by atoms with Gasteiger partial charge in [0.15, 0.2) is 0 Å². The van der Waals surface area contributed by atoms with Crippen molar-refractivity contribution in [1.29, 1.82) is 5.26 Å². The van der Waals surface area contributed by atoms with Crippen molar-refractivity contribution in [2.45, 2.75) is 31.1 Å². The lowest BCUT2D eigenvalue weighted by atomic mass is 10.2. The number of aromatic nitrogens is 1. The molecule has 1 amide bonds. The first-order valence-electron chi connectivity index (χ1n) is 9.29. The lowest BCUT2D eigenvalue weighted by Crippen LogP contribution is -2.42. The molecule has 2 aliphatic heterocycles. The highest BCUT2D eigenvalue weighted by atomic mass is 19.1. The lowest BCUT2D eigenvalue weighted by Gasteiger charge is -2.23. The molecule has 0 radical (unpaired) electrons. The Balaban J connectivity index is 1.33. The van der Waals surface area contributed by atoms with Crippen molar-refractivity contribution in [3.63, 3.8) is 0 Å². The molecule has 7 heteroatoms. The Kier molecular flexibility index (Phi) is 4.90. The van der Waals surface area contributed by atoms with Crippen molar-refractivity contribution in [1.82, 2.24) is 14.8 Å². The number of benzene rings is 1. The van der Waals surface area contributed by atoms with Crippen molar-refractivity contribution < 1.29 is 9.18 Å². The van der Waals surface area contributed by atoms with Crippen molar-refractivity contribution in [3.8, 4) is 6.07 Å². The summed E-state index contributed by atoms with van der Waals surface area (Å²) in [5.74, 6) is -0.155. The SMILES string of the molecule is N#CC1C[C@H](F)CN1C(=O)CN1CC[C@H](Nc2ccc3cccnc3c2)C1. The average Bonchev–Trinajstić information content (AvgIpc) is 3.27. The fourth-order valence-electron chi connectivity index (χ4n) is 3.95. The number of rotatable bonds is 4. The number of nitriles is 1. The highest BCUT2D eigenvalue weighted by Crippen LogP contribution is 2.22. The molecule has 0 bridgehead atoms. The summed E-state index contributed by atoms with van der Waals surface area (Å²) in [6.45, 7) is 1.83. The van der Waals surface area contributed by atoms with E-state index >= 15 is 0 Å². The second kappa shape index (κ2) is 7.49. The van der Waals surface area contributed by atoms with E-state index in [-0.39, 0.29) is 31.5 Å². The van der Waals surface area contributed by atoms with Gasteiger partial charge in [-0.05, 0) is 24.6 Å². The maximum absolute atomic E-state index is 13.5. The molecule has 2 fully saturated rings. The van der Waals surface area contributed by atoms with Gasteiger partial charge in [0, 0.05) is 42.8 Å². The molecule has 2 aromatic rings. The third kappa shape index (κ3) is 3.86. The number of pyridine rings is 1. The first kappa shape index (κ1) is 17.7. The summed E-state index contributed by atoms with van der Waals surface area (Å²) in [4.78, 5) is 20.3. The number of likely N-dealkylation sites (tertiary alicyclic amines) is 2. The van der Waals surface area contributed by atoms with Crippen LogP contribution in [-0.4, -0.2) is 65.1 Å². The third-order valence-electron chi connectivity index (χ3n) is 5.33. The van der Waals surface area contributed by atoms with Gasteiger partial charge in [-0.1, -0.05) is 12.1 Å². The standard InChI is InChI=1S/C20H22FN5O/c21-15-8-18(10-22)26(11-15)20(27)13-25-7-5-17(12-25)24-16-4-3-14-2-1-6-23-19(14)9-16/h1-4,6,9,15,17-18,24H,5,7-8,11-13H2/t15-,17-,18?/m0/s1. The second-order valence-electron chi connectivity index (χ2n) is 7.30. The predicted molar refractivity (Wildman–Crippen MR) is 101 cm³/mol. The molecule has 1 aromatic carbocycles. The van der Waals surface area contributed by atoms with Gasteiger partial charge < -0.3 is 10.2 Å². The number of carbonyl (C=O) groups excluding carboxylic acids is 1. The molecular weight excluding hydrogens is 345 g/mol.